The van der Waals surface area contributed by atoms with Crippen molar-refractivity contribution in [2.75, 3.05) is 14.2 Å². The Kier molecular flexibility index (Phi) is 3.93. The summed E-state index contributed by atoms with van der Waals surface area (Å²) in [7, 11) is 3.62. The fourth-order valence-corrected chi connectivity index (χ4v) is 2.52. The van der Waals surface area contributed by atoms with E-state index in [1.165, 1.54) is 22.9 Å². The maximum absolute atomic E-state index is 5.55. The van der Waals surface area contributed by atoms with E-state index < -0.39 is 0 Å². The summed E-state index contributed by atoms with van der Waals surface area (Å²) in [6, 6.07) is 4.21. The highest BCUT2D eigenvalue weighted by molar-refractivity contribution is 6.99. The Hall–Kier alpha value is -1.46. The van der Waals surface area contributed by atoms with Gasteiger partial charge in [0, 0.05) is 5.56 Å². The molecule has 0 spiro atoms. The number of aromatic nitrogens is 2. The minimum atomic E-state index is 0.0120. The summed E-state index contributed by atoms with van der Waals surface area (Å²) >= 11 is 1.22. The summed E-state index contributed by atoms with van der Waals surface area (Å²) in [5.41, 5.74) is 4.40. The average molecular weight is 263 g/mol. The van der Waals surface area contributed by atoms with Crippen molar-refractivity contribution in [2.24, 2.45) is 0 Å². The van der Waals surface area contributed by atoms with Crippen LogP contribution < -0.4 is 10.1 Å². The predicted molar refractivity (Wildman–Crippen MR) is 73.3 cm³/mol. The number of rotatable bonds is 4. The number of hydrogen-bond acceptors (Lipinski definition) is 5. The standard InChI is InChI=1S/C13H17N3OS/c1-8-5-6-10(13(17-4)9(8)2)12(14-3)11-7-15-18-16-11/h5-7,12,14H,1-4H3. The molecule has 1 aromatic heterocycles. The fraction of sp³-hybridized carbons (Fsp3) is 0.385. The van der Waals surface area contributed by atoms with E-state index in [9.17, 15) is 0 Å². The minimum Gasteiger partial charge on any atom is -0.496 e. The Morgan fingerprint density at radius 2 is 2.11 bits per heavy atom. The Labute approximate surface area is 111 Å². The second kappa shape index (κ2) is 5.46. The molecule has 96 valence electrons. The van der Waals surface area contributed by atoms with Gasteiger partial charge in [0.25, 0.3) is 0 Å². The quantitative estimate of drug-likeness (QED) is 0.920. The summed E-state index contributed by atoms with van der Waals surface area (Å²) in [6.45, 7) is 4.16. The first-order valence-corrected chi connectivity index (χ1v) is 6.51. The Morgan fingerprint density at radius 1 is 1.33 bits per heavy atom. The third-order valence-corrected chi connectivity index (χ3v) is 3.68. The van der Waals surface area contributed by atoms with Crippen molar-refractivity contribution in [1.29, 1.82) is 0 Å². The van der Waals surface area contributed by atoms with Crippen LogP contribution >= 0.6 is 11.7 Å². The van der Waals surface area contributed by atoms with Crippen molar-refractivity contribution >= 4 is 11.7 Å². The SMILES string of the molecule is CNC(c1cnsn1)c1ccc(C)c(C)c1OC. The summed E-state index contributed by atoms with van der Waals surface area (Å²) in [4.78, 5) is 0. The van der Waals surface area contributed by atoms with E-state index in [4.69, 9.17) is 4.74 Å². The molecule has 1 unspecified atom stereocenters. The van der Waals surface area contributed by atoms with Gasteiger partial charge in [-0.25, -0.2) is 0 Å². The molecular weight excluding hydrogens is 246 g/mol. The second-order valence-electron chi connectivity index (χ2n) is 4.18. The summed E-state index contributed by atoms with van der Waals surface area (Å²) in [5, 5.41) is 3.27. The zero-order chi connectivity index (χ0) is 13.1. The molecule has 0 aliphatic heterocycles. The van der Waals surface area contributed by atoms with Crippen LogP contribution in [0.4, 0.5) is 0 Å². The number of ether oxygens (including phenoxy) is 1. The topological polar surface area (TPSA) is 47.0 Å². The molecule has 0 saturated carbocycles. The molecule has 0 aliphatic rings. The maximum atomic E-state index is 5.55. The number of methoxy groups -OCH3 is 1. The Bertz CT molecular complexity index is 525. The molecule has 1 aromatic carbocycles. The van der Waals surface area contributed by atoms with E-state index in [0.29, 0.717) is 0 Å². The van der Waals surface area contributed by atoms with Crippen LogP contribution in [-0.4, -0.2) is 22.9 Å². The van der Waals surface area contributed by atoms with E-state index in [1.807, 2.05) is 7.05 Å². The number of nitrogens with zero attached hydrogens (tertiary/aromatic N) is 2. The molecule has 1 N–H and O–H groups in total. The van der Waals surface area contributed by atoms with Crippen LogP contribution in [0.2, 0.25) is 0 Å². The Balaban J connectivity index is 2.52. The highest BCUT2D eigenvalue weighted by Gasteiger charge is 2.20. The smallest absolute Gasteiger partial charge is 0.127 e. The fourth-order valence-electron chi connectivity index (χ4n) is 2.07. The van der Waals surface area contributed by atoms with Crippen molar-refractivity contribution in [3.05, 3.63) is 40.7 Å². The van der Waals surface area contributed by atoms with Crippen LogP contribution in [0.5, 0.6) is 5.75 Å². The van der Waals surface area contributed by atoms with Crippen LogP contribution in [0.3, 0.4) is 0 Å². The number of aryl methyl sites for hydroxylation is 1. The molecule has 0 radical (unpaired) electrons. The molecular formula is C13H17N3OS. The van der Waals surface area contributed by atoms with Gasteiger partial charge in [-0.3, -0.25) is 0 Å². The number of benzene rings is 1. The molecule has 1 atom stereocenters. The zero-order valence-electron chi connectivity index (χ0n) is 11.0. The molecule has 0 amide bonds. The van der Waals surface area contributed by atoms with Gasteiger partial charge in [0.2, 0.25) is 0 Å². The highest BCUT2D eigenvalue weighted by Crippen LogP contribution is 2.33. The molecule has 18 heavy (non-hydrogen) atoms. The summed E-state index contributed by atoms with van der Waals surface area (Å²) < 4.78 is 13.9. The van der Waals surface area contributed by atoms with Gasteiger partial charge in [0.1, 0.15) is 5.75 Å². The Morgan fingerprint density at radius 3 is 2.67 bits per heavy atom. The van der Waals surface area contributed by atoms with E-state index in [2.05, 4.69) is 40.0 Å². The molecule has 0 saturated heterocycles. The van der Waals surface area contributed by atoms with Crippen molar-refractivity contribution < 1.29 is 4.74 Å². The summed E-state index contributed by atoms with van der Waals surface area (Å²) in [6.07, 6.45) is 1.79. The normalized spacial score (nSPS) is 12.4. The molecule has 1 heterocycles. The van der Waals surface area contributed by atoms with Gasteiger partial charge < -0.3 is 10.1 Å². The number of hydrogen-bond donors (Lipinski definition) is 1. The van der Waals surface area contributed by atoms with Gasteiger partial charge in [-0.1, -0.05) is 12.1 Å². The third kappa shape index (κ3) is 2.23. The van der Waals surface area contributed by atoms with E-state index in [1.54, 1.807) is 13.3 Å². The number of nitrogens with one attached hydrogen (secondary N) is 1. The molecule has 0 fully saturated rings. The zero-order valence-corrected chi connectivity index (χ0v) is 11.8. The lowest BCUT2D eigenvalue weighted by Gasteiger charge is -2.19. The van der Waals surface area contributed by atoms with Crippen molar-refractivity contribution in [2.45, 2.75) is 19.9 Å². The molecule has 0 aliphatic carbocycles. The van der Waals surface area contributed by atoms with Gasteiger partial charge in [-0.15, -0.1) is 0 Å². The predicted octanol–water partition coefficient (Wildman–Crippen LogP) is 2.47. The van der Waals surface area contributed by atoms with Crippen LogP contribution in [0.1, 0.15) is 28.4 Å². The third-order valence-electron chi connectivity index (χ3n) is 3.19. The second-order valence-corrected chi connectivity index (χ2v) is 4.74. The van der Waals surface area contributed by atoms with E-state index in [0.717, 1.165) is 17.0 Å². The first kappa shape index (κ1) is 13.0. The van der Waals surface area contributed by atoms with Crippen molar-refractivity contribution in [3.8, 4) is 5.75 Å². The largest absolute Gasteiger partial charge is 0.496 e. The van der Waals surface area contributed by atoms with Crippen LogP contribution in [0, 0.1) is 13.8 Å². The first-order valence-electron chi connectivity index (χ1n) is 5.77. The lowest BCUT2D eigenvalue weighted by atomic mass is 9.97. The van der Waals surface area contributed by atoms with Crippen molar-refractivity contribution in [1.82, 2.24) is 14.1 Å². The van der Waals surface area contributed by atoms with Gasteiger partial charge in [0.05, 0.1) is 36.8 Å². The monoisotopic (exact) mass is 263 g/mol. The molecule has 5 heteroatoms. The lowest BCUT2D eigenvalue weighted by molar-refractivity contribution is 0.401. The van der Waals surface area contributed by atoms with Crippen molar-refractivity contribution in [3.63, 3.8) is 0 Å². The van der Waals surface area contributed by atoms with Gasteiger partial charge in [0.15, 0.2) is 0 Å². The highest BCUT2D eigenvalue weighted by atomic mass is 32.1. The van der Waals surface area contributed by atoms with Gasteiger partial charge in [-0.2, -0.15) is 8.75 Å². The van der Waals surface area contributed by atoms with E-state index in [-0.39, 0.29) is 6.04 Å². The average Bonchev–Trinajstić information content (AvgIpc) is 2.89. The van der Waals surface area contributed by atoms with Crippen LogP contribution in [0.25, 0.3) is 0 Å². The molecule has 2 aromatic rings. The molecule has 0 bridgehead atoms. The molecule has 2 rings (SSSR count). The van der Waals surface area contributed by atoms with E-state index >= 15 is 0 Å². The molecule has 4 nitrogen and oxygen atoms in total. The summed E-state index contributed by atoms with van der Waals surface area (Å²) in [5.74, 6) is 0.919. The minimum absolute atomic E-state index is 0.0120. The lowest BCUT2D eigenvalue weighted by Crippen LogP contribution is -2.19. The van der Waals surface area contributed by atoms with Gasteiger partial charge >= 0.3 is 0 Å². The van der Waals surface area contributed by atoms with Crippen LogP contribution in [0.15, 0.2) is 18.3 Å². The van der Waals surface area contributed by atoms with Gasteiger partial charge in [-0.05, 0) is 32.0 Å². The first-order chi connectivity index (χ1) is 8.69. The van der Waals surface area contributed by atoms with Crippen LogP contribution in [-0.2, 0) is 0 Å². The maximum Gasteiger partial charge on any atom is 0.127 e.